The molecular formula is C22H37NO4. The first kappa shape index (κ1) is 23.3. The van der Waals surface area contributed by atoms with Crippen LogP contribution in [0.25, 0.3) is 0 Å². The van der Waals surface area contributed by atoms with Gasteiger partial charge in [0.1, 0.15) is 11.5 Å². The highest BCUT2D eigenvalue weighted by atomic mass is 16.5. The fourth-order valence-electron chi connectivity index (χ4n) is 3.01. The van der Waals surface area contributed by atoms with E-state index in [1.165, 1.54) is 24.8 Å². The molecule has 154 valence electrons. The lowest BCUT2D eigenvalue weighted by Crippen LogP contribution is -2.25. The zero-order valence-electron chi connectivity index (χ0n) is 16.8. The molecule has 0 spiro atoms. The van der Waals surface area contributed by atoms with Gasteiger partial charge in [-0.25, -0.2) is 0 Å². The van der Waals surface area contributed by atoms with Gasteiger partial charge in [-0.15, -0.1) is 0 Å². The third-order valence-corrected chi connectivity index (χ3v) is 4.59. The van der Waals surface area contributed by atoms with E-state index in [-0.39, 0.29) is 18.3 Å². The van der Waals surface area contributed by atoms with Crippen LogP contribution in [-0.4, -0.2) is 35.9 Å². The number of unbranched alkanes of at least 4 members (excludes halogenated alkanes) is 7. The van der Waals surface area contributed by atoms with Crippen molar-refractivity contribution in [3.63, 3.8) is 0 Å². The summed E-state index contributed by atoms with van der Waals surface area (Å²) in [6.07, 6.45) is 11.4. The van der Waals surface area contributed by atoms with Gasteiger partial charge in [0.05, 0.1) is 13.2 Å². The van der Waals surface area contributed by atoms with Gasteiger partial charge in [-0.1, -0.05) is 51.5 Å². The lowest BCUT2D eigenvalue weighted by molar-refractivity contribution is -0.121. The monoisotopic (exact) mass is 379 g/mol. The zero-order valence-corrected chi connectivity index (χ0v) is 16.8. The number of aliphatic hydroxyl groups is 1. The van der Waals surface area contributed by atoms with Crippen molar-refractivity contribution in [2.75, 3.05) is 19.8 Å². The van der Waals surface area contributed by atoms with Gasteiger partial charge < -0.3 is 20.3 Å². The Hall–Kier alpha value is -1.75. The van der Waals surface area contributed by atoms with E-state index in [4.69, 9.17) is 9.84 Å². The maximum Gasteiger partial charge on any atom is 0.220 e. The molecule has 27 heavy (non-hydrogen) atoms. The molecule has 3 N–H and O–H groups in total. The molecule has 0 aromatic heterocycles. The predicted octanol–water partition coefficient (Wildman–Crippen LogP) is 4.34. The van der Waals surface area contributed by atoms with E-state index in [2.05, 4.69) is 12.2 Å². The van der Waals surface area contributed by atoms with Gasteiger partial charge in [-0.3, -0.25) is 4.79 Å². The van der Waals surface area contributed by atoms with Crippen molar-refractivity contribution in [2.24, 2.45) is 0 Å². The summed E-state index contributed by atoms with van der Waals surface area (Å²) >= 11 is 0. The van der Waals surface area contributed by atoms with Crippen LogP contribution in [0, 0.1) is 0 Å². The minimum Gasteiger partial charge on any atom is -0.508 e. The number of hydrogen-bond acceptors (Lipinski definition) is 4. The molecule has 0 aliphatic rings. The quantitative estimate of drug-likeness (QED) is 0.373. The fraction of sp³-hybridized carbons (Fsp3) is 0.682. The molecule has 0 saturated heterocycles. The number of rotatable bonds is 16. The number of benzene rings is 1. The highest BCUT2D eigenvalue weighted by Crippen LogP contribution is 2.26. The van der Waals surface area contributed by atoms with Crippen LogP contribution in [-0.2, 0) is 11.2 Å². The minimum absolute atomic E-state index is 0.00855. The lowest BCUT2D eigenvalue weighted by Gasteiger charge is -2.12. The number of hydrogen-bond donors (Lipinski definition) is 3. The molecule has 1 aromatic carbocycles. The lowest BCUT2D eigenvalue weighted by atomic mass is 10.1. The zero-order chi connectivity index (χ0) is 19.7. The standard InChI is InChI=1S/C22H37NO4/c1-2-3-4-8-11-19-13-14-20(25)18-21(19)27-17-10-7-5-6-9-12-22(26)23-15-16-24/h13-14,18,24-25H,2-12,15-17H2,1H3,(H,23,26). The van der Waals surface area contributed by atoms with Crippen molar-refractivity contribution in [1.82, 2.24) is 5.32 Å². The van der Waals surface area contributed by atoms with Crippen LogP contribution in [0.3, 0.4) is 0 Å². The molecule has 0 fully saturated rings. The molecule has 0 heterocycles. The van der Waals surface area contributed by atoms with E-state index in [0.29, 0.717) is 19.6 Å². The van der Waals surface area contributed by atoms with Crippen molar-refractivity contribution in [3.05, 3.63) is 23.8 Å². The van der Waals surface area contributed by atoms with Crippen LogP contribution in [0.1, 0.15) is 76.7 Å². The average Bonchev–Trinajstić information content (AvgIpc) is 2.67. The van der Waals surface area contributed by atoms with Gasteiger partial charge in [0.2, 0.25) is 5.91 Å². The van der Waals surface area contributed by atoms with Gasteiger partial charge in [-0.2, -0.15) is 0 Å². The largest absolute Gasteiger partial charge is 0.508 e. The number of nitrogens with one attached hydrogen (secondary N) is 1. The van der Waals surface area contributed by atoms with Crippen molar-refractivity contribution >= 4 is 5.91 Å². The number of phenols is 1. The third-order valence-electron chi connectivity index (χ3n) is 4.59. The van der Waals surface area contributed by atoms with Crippen LogP contribution < -0.4 is 10.1 Å². The molecule has 0 saturated carbocycles. The number of aryl methyl sites for hydroxylation is 1. The highest BCUT2D eigenvalue weighted by Gasteiger charge is 2.06. The Labute approximate surface area is 164 Å². The molecule has 0 radical (unpaired) electrons. The molecule has 5 nitrogen and oxygen atoms in total. The molecular weight excluding hydrogens is 342 g/mol. The Morgan fingerprint density at radius 1 is 1.04 bits per heavy atom. The first-order valence-electron chi connectivity index (χ1n) is 10.5. The molecule has 5 heteroatoms. The normalized spacial score (nSPS) is 10.7. The average molecular weight is 380 g/mol. The van der Waals surface area contributed by atoms with Gasteiger partial charge in [-0.05, 0) is 37.3 Å². The maximum absolute atomic E-state index is 11.4. The second-order valence-corrected chi connectivity index (χ2v) is 7.04. The van der Waals surface area contributed by atoms with Gasteiger partial charge >= 0.3 is 0 Å². The summed E-state index contributed by atoms with van der Waals surface area (Å²) in [6, 6.07) is 5.43. The second kappa shape index (κ2) is 15.3. The van der Waals surface area contributed by atoms with E-state index in [1.807, 2.05) is 6.07 Å². The Morgan fingerprint density at radius 3 is 2.56 bits per heavy atom. The summed E-state index contributed by atoms with van der Waals surface area (Å²) in [5.41, 5.74) is 1.18. The Kier molecular flexibility index (Phi) is 13.2. The van der Waals surface area contributed by atoms with Crippen LogP contribution >= 0.6 is 0 Å². The molecule has 1 amide bonds. The number of aliphatic hydroxyl groups excluding tert-OH is 1. The van der Waals surface area contributed by atoms with Crippen molar-refractivity contribution in [3.8, 4) is 11.5 Å². The van der Waals surface area contributed by atoms with E-state index >= 15 is 0 Å². The Morgan fingerprint density at radius 2 is 1.78 bits per heavy atom. The molecule has 0 bridgehead atoms. The molecule has 0 aliphatic heterocycles. The minimum atomic E-state index is -0.00855. The first-order chi connectivity index (χ1) is 13.2. The van der Waals surface area contributed by atoms with Crippen LogP contribution in [0.4, 0.5) is 0 Å². The number of carbonyl (C=O) groups excluding carboxylic acids is 1. The summed E-state index contributed by atoms with van der Waals surface area (Å²) < 4.78 is 5.92. The molecule has 1 rings (SSSR count). The SMILES string of the molecule is CCCCCCc1ccc(O)cc1OCCCCCCCC(=O)NCCO. The highest BCUT2D eigenvalue weighted by molar-refractivity contribution is 5.75. The van der Waals surface area contributed by atoms with E-state index in [1.54, 1.807) is 12.1 Å². The first-order valence-corrected chi connectivity index (χ1v) is 10.5. The van der Waals surface area contributed by atoms with Crippen molar-refractivity contribution in [2.45, 2.75) is 77.6 Å². The van der Waals surface area contributed by atoms with E-state index in [0.717, 1.165) is 50.7 Å². The molecule has 0 atom stereocenters. The number of phenolic OH excluding ortho intramolecular Hbond substituents is 1. The number of aromatic hydroxyl groups is 1. The van der Waals surface area contributed by atoms with Gasteiger partial charge in [0.15, 0.2) is 0 Å². The van der Waals surface area contributed by atoms with E-state index < -0.39 is 0 Å². The summed E-state index contributed by atoms with van der Waals surface area (Å²) in [4.78, 5) is 11.4. The van der Waals surface area contributed by atoms with Crippen molar-refractivity contribution in [1.29, 1.82) is 0 Å². The summed E-state index contributed by atoms with van der Waals surface area (Å²) in [5.74, 6) is 1.08. The topological polar surface area (TPSA) is 78.8 Å². The van der Waals surface area contributed by atoms with Gasteiger partial charge in [0, 0.05) is 19.0 Å². The second-order valence-electron chi connectivity index (χ2n) is 7.04. The Bertz CT molecular complexity index is 519. The smallest absolute Gasteiger partial charge is 0.220 e. The molecule has 0 unspecified atom stereocenters. The van der Waals surface area contributed by atoms with Crippen LogP contribution in [0.5, 0.6) is 11.5 Å². The van der Waals surface area contributed by atoms with Gasteiger partial charge in [0.25, 0.3) is 0 Å². The Balaban J connectivity index is 2.16. The van der Waals surface area contributed by atoms with Crippen molar-refractivity contribution < 1.29 is 19.7 Å². The third kappa shape index (κ3) is 11.5. The number of carbonyl (C=O) groups is 1. The number of amides is 1. The van der Waals surface area contributed by atoms with Crippen LogP contribution in [0.15, 0.2) is 18.2 Å². The van der Waals surface area contributed by atoms with Crippen LogP contribution in [0.2, 0.25) is 0 Å². The predicted molar refractivity (Wildman–Crippen MR) is 109 cm³/mol. The summed E-state index contributed by atoms with van der Waals surface area (Å²) in [7, 11) is 0. The summed E-state index contributed by atoms with van der Waals surface area (Å²) in [5, 5.41) is 21.0. The summed E-state index contributed by atoms with van der Waals surface area (Å²) in [6.45, 7) is 3.20. The molecule has 1 aromatic rings. The fourth-order valence-corrected chi connectivity index (χ4v) is 3.01. The number of ether oxygens (including phenoxy) is 1. The van der Waals surface area contributed by atoms with E-state index in [9.17, 15) is 9.90 Å². The maximum atomic E-state index is 11.4. The molecule has 0 aliphatic carbocycles.